The molecule has 2 N–H and O–H groups in total. The quantitative estimate of drug-likeness (QED) is 0.710. The number of carbonyl (C=O) groups is 4. The highest BCUT2D eigenvalue weighted by atomic mass is 16.6. The Morgan fingerprint density at radius 3 is 2.34 bits per heavy atom. The summed E-state index contributed by atoms with van der Waals surface area (Å²) < 4.78 is 10.5. The molecule has 2 fully saturated rings. The van der Waals surface area contributed by atoms with Crippen LogP contribution in [-0.4, -0.2) is 65.4 Å². The number of hydrogen-bond donors (Lipinski definition) is 2. The molecule has 0 spiro atoms. The number of piperidine rings is 1. The lowest BCUT2D eigenvalue weighted by Gasteiger charge is -2.31. The number of aliphatic carboxylic acids is 1. The Labute approximate surface area is 186 Å². The molecule has 0 aliphatic carbocycles. The summed E-state index contributed by atoms with van der Waals surface area (Å²) >= 11 is 0. The van der Waals surface area contributed by atoms with Gasteiger partial charge in [0.15, 0.2) is 6.10 Å². The highest BCUT2D eigenvalue weighted by Gasteiger charge is 2.40. The number of likely N-dealkylation sites (tertiary alicyclic amines) is 1. The molecule has 3 rings (SSSR count). The summed E-state index contributed by atoms with van der Waals surface area (Å²) in [5, 5.41) is 11.8. The average molecular weight is 447 g/mol. The van der Waals surface area contributed by atoms with Crippen molar-refractivity contribution in [2.45, 2.75) is 51.9 Å². The van der Waals surface area contributed by atoms with Crippen LogP contribution in [0.2, 0.25) is 0 Å². The van der Waals surface area contributed by atoms with Crippen LogP contribution >= 0.6 is 0 Å². The third kappa shape index (κ3) is 5.89. The van der Waals surface area contributed by atoms with Gasteiger partial charge in [-0.2, -0.15) is 0 Å². The Morgan fingerprint density at radius 1 is 1.16 bits per heavy atom. The molecule has 2 aliphatic heterocycles. The number of anilines is 1. The number of alkyl carbamates (subject to hydrolysis) is 1. The third-order valence-corrected chi connectivity index (χ3v) is 5.33. The van der Waals surface area contributed by atoms with Gasteiger partial charge in [-0.15, -0.1) is 0 Å². The summed E-state index contributed by atoms with van der Waals surface area (Å²) in [4.78, 5) is 50.8. The van der Waals surface area contributed by atoms with E-state index in [1.165, 1.54) is 4.90 Å². The molecule has 0 radical (unpaired) electrons. The summed E-state index contributed by atoms with van der Waals surface area (Å²) in [6.07, 6.45) is -1.26. The standard InChI is InChI=1S/C22H29N3O7/c1-22(2,3)32-20(29)23-12-14-4-6-16(7-5-14)25-13-17(31-21(25)30)18(26)24-10-8-15(9-11-24)19(27)28/h4-7,15,17H,8-13H2,1-3H3,(H,23,29)(H,27,28). The van der Waals surface area contributed by atoms with Crippen molar-refractivity contribution >= 4 is 29.8 Å². The van der Waals surface area contributed by atoms with Crippen molar-refractivity contribution in [2.24, 2.45) is 5.92 Å². The van der Waals surface area contributed by atoms with Crippen LogP contribution in [0.15, 0.2) is 24.3 Å². The Kier molecular flexibility index (Phi) is 6.90. The molecule has 32 heavy (non-hydrogen) atoms. The maximum Gasteiger partial charge on any atom is 0.415 e. The maximum absolute atomic E-state index is 12.7. The second-order valence-electron chi connectivity index (χ2n) is 8.94. The molecule has 1 aromatic carbocycles. The minimum atomic E-state index is -0.919. The zero-order valence-electron chi connectivity index (χ0n) is 18.5. The third-order valence-electron chi connectivity index (χ3n) is 5.33. The van der Waals surface area contributed by atoms with Crippen LogP contribution in [0, 0.1) is 5.92 Å². The van der Waals surface area contributed by atoms with Gasteiger partial charge in [0.25, 0.3) is 5.91 Å². The molecule has 2 aliphatic rings. The predicted molar refractivity (Wildman–Crippen MR) is 114 cm³/mol. The fourth-order valence-electron chi connectivity index (χ4n) is 3.63. The Balaban J connectivity index is 1.53. The second kappa shape index (κ2) is 9.46. The average Bonchev–Trinajstić information content (AvgIpc) is 3.12. The first kappa shape index (κ1) is 23.4. The molecule has 2 saturated heterocycles. The molecule has 1 aromatic rings. The molecule has 174 valence electrons. The molecule has 1 atom stereocenters. The number of rotatable bonds is 5. The molecule has 3 amide bonds. The van der Waals surface area contributed by atoms with Gasteiger partial charge in [-0.25, -0.2) is 9.59 Å². The first-order valence-electron chi connectivity index (χ1n) is 10.6. The van der Waals surface area contributed by atoms with Gasteiger partial charge >= 0.3 is 18.2 Å². The topological polar surface area (TPSA) is 125 Å². The van der Waals surface area contributed by atoms with Crippen LogP contribution in [0.4, 0.5) is 15.3 Å². The normalized spacial score (nSPS) is 19.5. The molecule has 0 saturated carbocycles. The molecule has 0 aromatic heterocycles. The molecule has 0 bridgehead atoms. The smallest absolute Gasteiger partial charge is 0.415 e. The summed E-state index contributed by atoms with van der Waals surface area (Å²) in [6.45, 7) is 6.39. The highest BCUT2D eigenvalue weighted by molar-refractivity contribution is 5.95. The lowest BCUT2D eigenvalue weighted by atomic mass is 9.97. The van der Waals surface area contributed by atoms with E-state index in [1.54, 1.807) is 49.9 Å². The Morgan fingerprint density at radius 2 is 1.78 bits per heavy atom. The maximum atomic E-state index is 12.7. The summed E-state index contributed by atoms with van der Waals surface area (Å²) in [6, 6.07) is 6.98. The number of benzene rings is 1. The van der Waals surface area contributed by atoms with E-state index in [1.807, 2.05) is 0 Å². The van der Waals surface area contributed by atoms with E-state index in [0.717, 1.165) is 5.56 Å². The van der Waals surface area contributed by atoms with Gasteiger partial charge in [-0.3, -0.25) is 14.5 Å². The van der Waals surface area contributed by atoms with E-state index >= 15 is 0 Å². The molecule has 2 heterocycles. The number of nitrogens with one attached hydrogen (secondary N) is 1. The zero-order chi connectivity index (χ0) is 23.5. The predicted octanol–water partition coefficient (Wildman–Crippen LogP) is 2.36. The van der Waals surface area contributed by atoms with Crippen molar-refractivity contribution in [3.63, 3.8) is 0 Å². The van der Waals surface area contributed by atoms with Crippen LogP contribution < -0.4 is 10.2 Å². The fourth-order valence-corrected chi connectivity index (χ4v) is 3.63. The largest absolute Gasteiger partial charge is 0.481 e. The van der Waals surface area contributed by atoms with Crippen molar-refractivity contribution in [1.82, 2.24) is 10.2 Å². The number of carbonyl (C=O) groups excluding carboxylic acids is 3. The molecular weight excluding hydrogens is 418 g/mol. The minimum Gasteiger partial charge on any atom is -0.481 e. The number of carboxylic acid groups (broad SMARTS) is 1. The van der Waals surface area contributed by atoms with Gasteiger partial charge in [0, 0.05) is 25.3 Å². The number of ether oxygens (including phenoxy) is 2. The van der Waals surface area contributed by atoms with E-state index in [0.29, 0.717) is 31.6 Å². The summed E-state index contributed by atoms with van der Waals surface area (Å²) in [7, 11) is 0. The van der Waals surface area contributed by atoms with Gasteiger partial charge in [0.1, 0.15) is 5.60 Å². The lowest BCUT2D eigenvalue weighted by Crippen LogP contribution is -2.46. The second-order valence-corrected chi connectivity index (χ2v) is 8.94. The number of nitrogens with zero attached hydrogens (tertiary/aromatic N) is 2. The van der Waals surface area contributed by atoms with Gasteiger partial charge in [0.05, 0.1) is 12.5 Å². The van der Waals surface area contributed by atoms with Gasteiger partial charge < -0.3 is 24.8 Å². The van der Waals surface area contributed by atoms with Crippen molar-refractivity contribution in [2.75, 3.05) is 24.5 Å². The number of carboxylic acids is 1. The van der Waals surface area contributed by atoms with E-state index in [2.05, 4.69) is 5.32 Å². The zero-order valence-corrected chi connectivity index (χ0v) is 18.5. The minimum absolute atomic E-state index is 0.0893. The van der Waals surface area contributed by atoms with E-state index in [4.69, 9.17) is 14.6 Å². The summed E-state index contributed by atoms with van der Waals surface area (Å²) in [5.41, 5.74) is 0.821. The van der Waals surface area contributed by atoms with Crippen LogP contribution in [0.5, 0.6) is 0 Å². The van der Waals surface area contributed by atoms with E-state index < -0.39 is 35.8 Å². The van der Waals surface area contributed by atoms with Crippen LogP contribution in [0.25, 0.3) is 0 Å². The van der Waals surface area contributed by atoms with Crippen LogP contribution in [0.1, 0.15) is 39.2 Å². The van der Waals surface area contributed by atoms with Gasteiger partial charge in [-0.1, -0.05) is 12.1 Å². The monoisotopic (exact) mass is 447 g/mol. The fraction of sp³-hybridized carbons (Fsp3) is 0.545. The lowest BCUT2D eigenvalue weighted by molar-refractivity contribution is -0.147. The Hall–Kier alpha value is -3.30. The van der Waals surface area contributed by atoms with Gasteiger partial charge in [0.2, 0.25) is 0 Å². The number of cyclic esters (lactones) is 1. The van der Waals surface area contributed by atoms with Gasteiger partial charge in [-0.05, 0) is 51.3 Å². The first-order valence-corrected chi connectivity index (χ1v) is 10.6. The molecule has 10 nitrogen and oxygen atoms in total. The SMILES string of the molecule is CC(C)(C)OC(=O)NCc1ccc(N2CC(C(=O)N3CCC(C(=O)O)CC3)OC2=O)cc1. The number of amides is 3. The molecular formula is C22H29N3O7. The van der Waals surface area contributed by atoms with Crippen molar-refractivity contribution in [1.29, 1.82) is 0 Å². The number of hydrogen-bond acceptors (Lipinski definition) is 6. The van der Waals surface area contributed by atoms with Crippen molar-refractivity contribution < 1.29 is 33.8 Å². The van der Waals surface area contributed by atoms with Crippen LogP contribution in [-0.2, 0) is 25.6 Å². The van der Waals surface area contributed by atoms with E-state index in [9.17, 15) is 19.2 Å². The Bertz CT molecular complexity index is 871. The highest BCUT2D eigenvalue weighted by Crippen LogP contribution is 2.25. The van der Waals surface area contributed by atoms with Crippen molar-refractivity contribution in [3.05, 3.63) is 29.8 Å². The summed E-state index contributed by atoms with van der Waals surface area (Å²) in [5.74, 6) is -1.59. The van der Waals surface area contributed by atoms with Crippen molar-refractivity contribution in [3.8, 4) is 0 Å². The van der Waals surface area contributed by atoms with Crippen LogP contribution in [0.3, 0.4) is 0 Å². The molecule has 10 heteroatoms. The first-order chi connectivity index (χ1) is 15.0. The van der Waals surface area contributed by atoms with E-state index in [-0.39, 0.29) is 19.0 Å². The molecule has 1 unspecified atom stereocenters.